The molecule has 0 unspecified atom stereocenters. The van der Waals surface area contributed by atoms with Crippen LogP contribution in [-0.2, 0) is 14.6 Å². The van der Waals surface area contributed by atoms with E-state index in [0.717, 1.165) is 5.56 Å². The molecule has 3 rings (SSSR count). The molecule has 0 saturated heterocycles. The summed E-state index contributed by atoms with van der Waals surface area (Å²) in [6.45, 7) is 2.42. The van der Waals surface area contributed by atoms with Crippen molar-refractivity contribution < 1.29 is 13.2 Å². The average Bonchev–Trinajstić information content (AvgIpc) is 3.32. The number of hydrogen-bond donors (Lipinski definition) is 1. The van der Waals surface area contributed by atoms with Gasteiger partial charge in [-0.15, -0.1) is 0 Å². The molecule has 0 aromatic heterocycles. The lowest BCUT2D eigenvalue weighted by Gasteiger charge is -2.17. The predicted molar refractivity (Wildman–Crippen MR) is 112 cm³/mol. The van der Waals surface area contributed by atoms with Crippen molar-refractivity contribution in [1.29, 1.82) is 0 Å². The van der Waals surface area contributed by atoms with E-state index in [9.17, 15) is 8.42 Å². The third-order valence-electron chi connectivity index (χ3n) is 4.97. The second kappa shape index (κ2) is 7.68. The van der Waals surface area contributed by atoms with Crippen LogP contribution in [-0.4, -0.2) is 31.9 Å². The van der Waals surface area contributed by atoms with Gasteiger partial charge in [0.2, 0.25) is 0 Å². The van der Waals surface area contributed by atoms with Gasteiger partial charge in [-0.1, -0.05) is 47.6 Å². The fraction of sp³-hybridized carbons (Fsp3) is 0.316. The molecular formula is C19H19Cl2NO3S2. The van der Waals surface area contributed by atoms with Crippen molar-refractivity contribution in [1.82, 2.24) is 0 Å². The van der Waals surface area contributed by atoms with Gasteiger partial charge < -0.3 is 10.5 Å². The number of benzene rings is 2. The summed E-state index contributed by atoms with van der Waals surface area (Å²) in [5.74, 6) is -0.403. The Bertz CT molecular complexity index is 946. The molecular weight excluding hydrogens is 425 g/mol. The molecule has 0 amide bonds. The Morgan fingerprint density at radius 3 is 2.11 bits per heavy atom. The molecule has 2 N–H and O–H groups in total. The minimum absolute atomic E-state index is 0.137. The van der Waals surface area contributed by atoms with Crippen LogP contribution in [0, 0.1) is 5.41 Å². The average molecular weight is 444 g/mol. The summed E-state index contributed by atoms with van der Waals surface area (Å²) in [5.41, 5.74) is 5.91. The minimum atomic E-state index is -3.71. The fourth-order valence-corrected chi connectivity index (χ4v) is 6.60. The van der Waals surface area contributed by atoms with E-state index in [-0.39, 0.29) is 16.5 Å². The maximum atomic E-state index is 13.4. The molecule has 1 aliphatic carbocycles. The van der Waals surface area contributed by atoms with E-state index in [1.54, 1.807) is 24.3 Å². The van der Waals surface area contributed by atoms with Crippen molar-refractivity contribution in [2.24, 2.45) is 11.1 Å². The molecule has 1 fully saturated rings. The van der Waals surface area contributed by atoms with Gasteiger partial charge in [0, 0.05) is 22.6 Å². The number of ether oxygens (including phenoxy) is 1. The van der Waals surface area contributed by atoms with Crippen LogP contribution < -0.4 is 5.73 Å². The highest BCUT2D eigenvalue weighted by atomic mass is 35.5. The van der Waals surface area contributed by atoms with Crippen molar-refractivity contribution in [3.63, 3.8) is 0 Å². The topological polar surface area (TPSA) is 69.4 Å². The highest BCUT2D eigenvalue weighted by Gasteiger charge is 2.73. The molecule has 0 bridgehead atoms. The van der Waals surface area contributed by atoms with Crippen molar-refractivity contribution in [3.8, 4) is 0 Å². The van der Waals surface area contributed by atoms with Gasteiger partial charge in [0.05, 0.1) is 27.2 Å². The van der Waals surface area contributed by atoms with Gasteiger partial charge in [-0.05, 0) is 48.9 Å². The first-order chi connectivity index (χ1) is 12.7. The molecule has 1 aliphatic rings. The standard InChI is InChI=1S/C19H19Cl2NO3S2/c1-2-25-11-19(18(22)26)16(12-3-5-13(20)6-4-12)17(19)27(23,24)15-9-7-14(21)8-10-15/h3-10,16-17H,2,11H2,1H3,(H2,22,26)/t16-,17-,19+/m0/s1. The van der Waals surface area contributed by atoms with Gasteiger partial charge in [-0.25, -0.2) is 8.42 Å². The van der Waals surface area contributed by atoms with Crippen molar-refractivity contribution >= 4 is 50.2 Å². The maximum Gasteiger partial charge on any atom is 0.182 e. The van der Waals surface area contributed by atoms with Gasteiger partial charge in [0.15, 0.2) is 9.84 Å². The Morgan fingerprint density at radius 2 is 1.63 bits per heavy atom. The minimum Gasteiger partial charge on any atom is -0.393 e. The predicted octanol–water partition coefficient (Wildman–Crippen LogP) is 4.24. The van der Waals surface area contributed by atoms with Crippen LogP contribution in [0.4, 0.5) is 0 Å². The van der Waals surface area contributed by atoms with E-state index in [2.05, 4.69) is 0 Å². The Balaban J connectivity index is 2.10. The van der Waals surface area contributed by atoms with E-state index in [4.69, 9.17) is 45.9 Å². The lowest BCUT2D eigenvalue weighted by molar-refractivity contribution is 0.121. The second-order valence-electron chi connectivity index (χ2n) is 6.49. The van der Waals surface area contributed by atoms with Crippen LogP contribution in [0.1, 0.15) is 18.4 Å². The summed E-state index contributed by atoms with van der Waals surface area (Å²) < 4.78 is 32.4. The molecule has 0 aliphatic heterocycles. The Labute approximate surface area is 174 Å². The normalized spacial score (nSPS) is 24.6. The molecule has 27 heavy (non-hydrogen) atoms. The lowest BCUT2D eigenvalue weighted by atomic mass is 10.00. The Hall–Kier alpha value is -1.18. The second-order valence-corrected chi connectivity index (χ2v) is 9.87. The molecule has 2 aromatic rings. The van der Waals surface area contributed by atoms with Gasteiger partial charge in [-0.2, -0.15) is 0 Å². The van der Waals surface area contributed by atoms with Crippen LogP contribution in [0.15, 0.2) is 53.4 Å². The maximum absolute atomic E-state index is 13.4. The molecule has 2 aromatic carbocycles. The van der Waals surface area contributed by atoms with Crippen molar-refractivity contribution in [2.75, 3.05) is 13.2 Å². The Morgan fingerprint density at radius 1 is 1.11 bits per heavy atom. The zero-order valence-electron chi connectivity index (χ0n) is 14.6. The first kappa shape index (κ1) is 20.6. The lowest BCUT2D eigenvalue weighted by Crippen LogP contribution is -2.33. The number of thiocarbonyl (C=S) groups is 1. The van der Waals surface area contributed by atoms with Crippen LogP contribution >= 0.6 is 35.4 Å². The van der Waals surface area contributed by atoms with E-state index in [1.165, 1.54) is 12.1 Å². The smallest absolute Gasteiger partial charge is 0.182 e. The van der Waals surface area contributed by atoms with E-state index in [1.807, 2.05) is 19.1 Å². The van der Waals surface area contributed by atoms with Crippen LogP contribution in [0.5, 0.6) is 0 Å². The molecule has 3 atom stereocenters. The highest BCUT2D eigenvalue weighted by Crippen LogP contribution is 2.64. The van der Waals surface area contributed by atoms with Crippen LogP contribution in [0.25, 0.3) is 0 Å². The third kappa shape index (κ3) is 3.61. The summed E-state index contributed by atoms with van der Waals surface area (Å²) in [4.78, 5) is 0.323. The van der Waals surface area contributed by atoms with E-state index >= 15 is 0 Å². The number of halogens is 2. The molecule has 0 heterocycles. The van der Waals surface area contributed by atoms with Crippen molar-refractivity contribution in [3.05, 3.63) is 64.1 Å². The van der Waals surface area contributed by atoms with E-state index in [0.29, 0.717) is 16.7 Å². The quantitative estimate of drug-likeness (QED) is 0.647. The van der Waals surface area contributed by atoms with Gasteiger partial charge in [0.1, 0.15) is 0 Å². The van der Waals surface area contributed by atoms with Gasteiger partial charge in [0.25, 0.3) is 0 Å². The van der Waals surface area contributed by atoms with Crippen LogP contribution in [0.2, 0.25) is 10.0 Å². The number of nitrogens with two attached hydrogens (primary N) is 1. The fourth-order valence-electron chi connectivity index (χ4n) is 3.58. The number of hydrogen-bond acceptors (Lipinski definition) is 4. The third-order valence-corrected chi connectivity index (χ3v) is 8.14. The summed E-state index contributed by atoms with van der Waals surface area (Å²) in [6, 6.07) is 13.2. The zero-order chi connectivity index (χ0) is 19.8. The molecule has 0 radical (unpaired) electrons. The van der Waals surface area contributed by atoms with Gasteiger partial charge in [-0.3, -0.25) is 0 Å². The first-order valence-electron chi connectivity index (χ1n) is 8.37. The molecule has 1 saturated carbocycles. The monoisotopic (exact) mass is 443 g/mol. The summed E-state index contributed by atoms with van der Waals surface area (Å²) >= 11 is 17.2. The van der Waals surface area contributed by atoms with Gasteiger partial charge >= 0.3 is 0 Å². The zero-order valence-corrected chi connectivity index (χ0v) is 17.7. The van der Waals surface area contributed by atoms with Crippen LogP contribution in [0.3, 0.4) is 0 Å². The summed E-state index contributed by atoms with van der Waals surface area (Å²) in [5, 5.41) is 0.229. The summed E-state index contributed by atoms with van der Waals surface area (Å²) in [6.07, 6.45) is 0. The Kier molecular flexibility index (Phi) is 5.85. The SMILES string of the molecule is CCOC[C@@]1(C(N)=S)[C@@H](c2ccc(Cl)cc2)[C@@H]1S(=O)(=O)c1ccc(Cl)cc1. The van der Waals surface area contributed by atoms with Crippen molar-refractivity contribution in [2.45, 2.75) is 23.0 Å². The molecule has 4 nitrogen and oxygen atoms in total. The number of sulfone groups is 1. The molecule has 0 spiro atoms. The summed E-state index contributed by atoms with van der Waals surface area (Å²) in [7, 11) is -3.71. The molecule has 144 valence electrons. The largest absolute Gasteiger partial charge is 0.393 e. The number of rotatable bonds is 7. The molecule has 8 heteroatoms. The first-order valence-corrected chi connectivity index (χ1v) is 11.1. The highest BCUT2D eigenvalue weighted by molar-refractivity contribution is 7.92. The van der Waals surface area contributed by atoms with E-state index < -0.39 is 26.4 Å².